The second kappa shape index (κ2) is 8.56. The molecule has 1 saturated heterocycles. The normalized spacial score (nSPS) is 15.2. The van der Waals surface area contributed by atoms with E-state index in [-0.39, 0.29) is 11.7 Å². The van der Waals surface area contributed by atoms with Gasteiger partial charge >= 0.3 is 12.0 Å². The van der Waals surface area contributed by atoms with E-state index in [4.69, 9.17) is 10.5 Å². The molecule has 0 saturated carbocycles. The maximum Gasteiger partial charge on any atom is 0.316 e. The van der Waals surface area contributed by atoms with Crippen LogP contribution >= 0.6 is 11.8 Å². The van der Waals surface area contributed by atoms with Crippen LogP contribution in [-0.2, 0) is 9.53 Å². The molecular formula is C14H21N5O3S. The molecule has 2 amide bonds. The Hall–Kier alpha value is -2.03. The number of hydrogen-bond acceptors (Lipinski definition) is 7. The van der Waals surface area contributed by atoms with Gasteiger partial charge in [0.15, 0.2) is 0 Å². The monoisotopic (exact) mass is 339 g/mol. The van der Waals surface area contributed by atoms with E-state index >= 15 is 0 Å². The van der Waals surface area contributed by atoms with Gasteiger partial charge in [0.2, 0.25) is 0 Å². The van der Waals surface area contributed by atoms with Crippen molar-refractivity contribution in [2.75, 3.05) is 43.4 Å². The summed E-state index contributed by atoms with van der Waals surface area (Å²) in [6.45, 7) is 4.80. The fourth-order valence-electron chi connectivity index (χ4n) is 2.26. The van der Waals surface area contributed by atoms with E-state index in [1.54, 1.807) is 24.2 Å². The van der Waals surface area contributed by atoms with Gasteiger partial charge in [-0.15, -0.1) is 0 Å². The minimum absolute atomic E-state index is 0.210. The smallest absolute Gasteiger partial charge is 0.316 e. The minimum atomic E-state index is -0.392. The largest absolute Gasteiger partial charge is 0.465 e. The summed E-state index contributed by atoms with van der Waals surface area (Å²) in [5.41, 5.74) is 5.33. The zero-order chi connectivity index (χ0) is 16.7. The van der Waals surface area contributed by atoms with Crippen LogP contribution in [0, 0.1) is 0 Å². The van der Waals surface area contributed by atoms with Crippen LogP contribution in [0.25, 0.3) is 0 Å². The van der Waals surface area contributed by atoms with Crippen LogP contribution in [0.2, 0.25) is 0 Å². The lowest BCUT2D eigenvalue weighted by Crippen LogP contribution is -2.38. The highest BCUT2D eigenvalue weighted by Crippen LogP contribution is 2.19. The Kier molecular flexibility index (Phi) is 6.45. The van der Waals surface area contributed by atoms with E-state index in [0.717, 1.165) is 18.8 Å². The zero-order valence-corrected chi connectivity index (χ0v) is 13.9. The van der Waals surface area contributed by atoms with Gasteiger partial charge < -0.3 is 20.3 Å². The average Bonchev–Trinajstić information content (AvgIpc) is 2.80. The number of rotatable bonds is 5. The van der Waals surface area contributed by atoms with Gasteiger partial charge in [0.05, 0.1) is 24.8 Å². The molecule has 8 nitrogen and oxygen atoms in total. The number of hydrogen-bond donors (Lipinski definition) is 1. The Labute approximate surface area is 139 Å². The Morgan fingerprint density at radius 1 is 1.30 bits per heavy atom. The van der Waals surface area contributed by atoms with E-state index < -0.39 is 6.03 Å². The molecule has 1 fully saturated rings. The summed E-state index contributed by atoms with van der Waals surface area (Å²) in [4.78, 5) is 35.1. The molecule has 2 heterocycles. The first kappa shape index (κ1) is 17.3. The third-order valence-electron chi connectivity index (χ3n) is 3.37. The van der Waals surface area contributed by atoms with Crippen LogP contribution in [0.1, 0.15) is 13.3 Å². The van der Waals surface area contributed by atoms with Gasteiger partial charge in [0.25, 0.3) is 0 Å². The number of carbonyl (C=O) groups excluding carboxylic acids is 2. The molecule has 0 aliphatic carbocycles. The predicted octanol–water partition coefficient (Wildman–Crippen LogP) is 0.723. The summed E-state index contributed by atoms with van der Waals surface area (Å²) in [6.07, 6.45) is 4.14. The van der Waals surface area contributed by atoms with Gasteiger partial charge in [0.1, 0.15) is 10.8 Å². The molecule has 1 aromatic rings. The first-order chi connectivity index (χ1) is 11.1. The van der Waals surface area contributed by atoms with Crippen molar-refractivity contribution >= 4 is 29.6 Å². The van der Waals surface area contributed by atoms with Crippen molar-refractivity contribution in [3.05, 3.63) is 12.4 Å². The molecule has 126 valence electrons. The number of anilines is 1. The molecule has 9 heteroatoms. The summed E-state index contributed by atoms with van der Waals surface area (Å²) in [7, 11) is 0. The number of nitrogens with zero attached hydrogens (tertiary/aromatic N) is 4. The average molecular weight is 339 g/mol. The first-order valence-electron chi connectivity index (χ1n) is 7.50. The van der Waals surface area contributed by atoms with E-state index in [1.807, 2.05) is 0 Å². The molecule has 1 aromatic heterocycles. The summed E-state index contributed by atoms with van der Waals surface area (Å²) >= 11 is 1.30. The third-order valence-corrected chi connectivity index (χ3v) is 4.25. The lowest BCUT2D eigenvalue weighted by atomic mass is 10.4. The number of thioether (sulfide) groups is 1. The lowest BCUT2D eigenvalue weighted by molar-refractivity contribution is -0.139. The molecule has 0 radical (unpaired) electrons. The SMILES string of the molecule is CCOC(=O)CSc1cncc(N2CCCN(C(N)=O)CC2)n1. The van der Waals surface area contributed by atoms with Crippen molar-refractivity contribution in [2.24, 2.45) is 5.73 Å². The molecule has 1 aliphatic heterocycles. The van der Waals surface area contributed by atoms with Crippen molar-refractivity contribution in [2.45, 2.75) is 18.4 Å². The van der Waals surface area contributed by atoms with E-state index in [0.29, 0.717) is 31.3 Å². The highest BCUT2D eigenvalue weighted by atomic mass is 32.2. The summed E-state index contributed by atoms with van der Waals surface area (Å²) < 4.78 is 4.89. The topological polar surface area (TPSA) is 102 Å². The number of nitrogens with two attached hydrogens (primary N) is 1. The molecule has 0 bridgehead atoms. The Morgan fingerprint density at radius 2 is 2.13 bits per heavy atom. The quantitative estimate of drug-likeness (QED) is 0.623. The Bertz CT molecular complexity index is 557. The third kappa shape index (κ3) is 5.27. The number of aromatic nitrogens is 2. The van der Waals surface area contributed by atoms with Gasteiger partial charge in [-0.2, -0.15) is 0 Å². The fraction of sp³-hybridized carbons (Fsp3) is 0.571. The van der Waals surface area contributed by atoms with Crippen molar-refractivity contribution in [1.82, 2.24) is 14.9 Å². The van der Waals surface area contributed by atoms with Crippen LogP contribution in [0.15, 0.2) is 17.4 Å². The summed E-state index contributed by atoms with van der Waals surface area (Å²) in [6, 6.07) is -0.392. The molecular weight excluding hydrogens is 318 g/mol. The molecule has 2 rings (SSSR count). The first-order valence-corrected chi connectivity index (χ1v) is 8.48. The Morgan fingerprint density at radius 3 is 2.87 bits per heavy atom. The van der Waals surface area contributed by atoms with Gasteiger partial charge in [0, 0.05) is 26.2 Å². The number of esters is 1. The summed E-state index contributed by atoms with van der Waals surface area (Å²) in [5, 5.41) is 0.673. The Balaban J connectivity index is 1.96. The number of carbonyl (C=O) groups is 2. The summed E-state index contributed by atoms with van der Waals surface area (Å²) in [5.74, 6) is 0.684. The lowest BCUT2D eigenvalue weighted by Gasteiger charge is -2.21. The molecule has 23 heavy (non-hydrogen) atoms. The van der Waals surface area contributed by atoms with Gasteiger partial charge in [-0.05, 0) is 13.3 Å². The fourth-order valence-corrected chi connectivity index (χ4v) is 2.91. The van der Waals surface area contributed by atoms with Crippen molar-refractivity contribution in [3.8, 4) is 0 Å². The van der Waals surface area contributed by atoms with Crippen LogP contribution in [0.3, 0.4) is 0 Å². The standard InChI is InChI=1S/C14H21N5O3S/c1-2-22-13(20)10-23-12-9-16-8-11(17-12)18-4-3-5-19(7-6-18)14(15)21/h8-9H,2-7,10H2,1H3,(H2,15,21). The highest BCUT2D eigenvalue weighted by molar-refractivity contribution is 7.99. The molecule has 1 aliphatic rings. The maximum absolute atomic E-state index is 11.4. The molecule has 2 N–H and O–H groups in total. The van der Waals surface area contributed by atoms with Gasteiger partial charge in [-0.25, -0.2) is 9.78 Å². The van der Waals surface area contributed by atoms with Crippen LogP contribution in [-0.4, -0.2) is 65.4 Å². The van der Waals surface area contributed by atoms with Crippen LogP contribution < -0.4 is 10.6 Å². The molecule has 0 atom stereocenters. The van der Waals surface area contributed by atoms with Gasteiger partial charge in [-0.1, -0.05) is 11.8 Å². The van der Waals surface area contributed by atoms with Crippen molar-refractivity contribution < 1.29 is 14.3 Å². The predicted molar refractivity (Wildman–Crippen MR) is 87.4 cm³/mol. The second-order valence-corrected chi connectivity index (χ2v) is 5.97. The van der Waals surface area contributed by atoms with Crippen LogP contribution in [0.5, 0.6) is 0 Å². The van der Waals surface area contributed by atoms with Gasteiger partial charge in [-0.3, -0.25) is 9.78 Å². The number of urea groups is 1. The number of primary amides is 1. The number of amides is 2. The van der Waals surface area contributed by atoms with Crippen molar-refractivity contribution in [3.63, 3.8) is 0 Å². The minimum Gasteiger partial charge on any atom is -0.465 e. The highest BCUT2D eigenvalue weighted by Gasteiger charge is 2.18. The second-order valence-electron chi connectivity index (χ2n) is 4.98. The van der Waals surface area contributed by atoms with Crippen LogP contribution in [0.4, 0.5) is 10.6 Å². The van der Waals surface area contributed by atoms with E-state index in [9.17, 15) is 9.59 Å². The molecule has 0 aromatic carbocycles. The molecule has 0 spiro atoms. The zero-order valence-electron chi connectivity index (χ0n) is 13.1. The maximum atomic E-state index is 11.4. The number of ether oxygens (including phenoxy) is 1. The molecule has 0 unspecified atom stereocenters. The van der Waals surface area contributed by atoms with E-state index in [1.165, 1.54) is 11.8 Å². The van der Waals surface area contributed by atoms with E-state index in [2.05, 4.69) is 14.9 Å². The van der Waals surface area contributed by atoms with Crippen molar-refractivity contribution in [1.29, 1.82) is 0 Å².